The number of carbonyl (C=O) groups is 1. The van der Waals surface area contributed by atoms with E-state index in [1.807, 2.05) is 23.1 Å². The highest BCUT2D eigenvalue weighted by atomic mass is 35.5. The summed E-state index contributed by atoms with van der Waals surface area (Å²) in [5, 5.41) is 16.6. The van der Waals surface area contributed by atoms with Crippen LogP contribution in [0.3, 0.4) is 0 Å². The maximum absolute atomic E-state index is 17.7. The predicted molar refractivity (Wildman–Crippen MR) is 254 cm³/mol. The highest BCUT2D eigenvalue weighted by molar-refractivity contribution is 7.90. The fourth-order valence-corrected chi connectivity index (χ4v) is 11.3. The second-order valence-corrected chi connectivity index (χ2v) is 20.2. The molecule has 1 unspecified atom stereocenters. The van der Waals surface area contributed by atoms with E-state index in [9.17, 15) is 23.3 Å². The van der Waals surface area contributed by atoms with Crippen molar-refractivity contribution in [1.82, 2.24) is 19.6 Å². The summed E-state index contributed by atoms with van der Waals surface area (Å²) in [6.07, 6.45) is 8.96. The minimum Gasteiger partial charge on any atom is -0.476 e. The Morgan fingerprint density at radius 2 is 1.79 bits per heavy atom. The van der Waals surface area contributed by atoms with Crippen molar-refractivity contribution >= 4 is 72.6 Å². The molecule has 0 radical (unpaired) electrons. The number of aromatic amines is 1. The van der Waals surface area contributed by atoms with Crippen molar-refractivity contribution in [3.8, 4) is 5.88 Å². The van der Waals surface area contributed by atoms with Crippen LogP contribution in [0.5, 0.6) is 5.88 Å². The molecule has 10 rings (SSSR count). The van der Waals surface area contributed by atoms with Gasteiger partial charge in [-0.05, 0) is 104 Å². The molecule has 1 saturated carbocycles. The van der Waals surface area contributed by atoms with Crippen LogP contribution >= 0.6 is 11.6 Å². The smallest absolute Gasteiger partial charge is 0.293 e. The molecule has 1 amide bonds. The Kier molecular flexibility index (Phi) is 12.6. The van der Waals surface area contributed by atoms with Gasteiger partial charge in [0, 0.05) is 68.5 Å². The van der Waals surface area contributed by atoms with Crippen LogP contribution < -0.4 is 24.6 Å². The number of sulfonamides is 1. The number of ether oxygens (including phenoxy) is 3. The topological polar surface area (TPSA) is 185 Å². The molecule has 3 aliphatic heterocycles. The van der Waals surface area contributed by atoms with Gasteiger partial charge in [0.25, 0.3) is 21.6 Å². The monoisotopic (exact) mass is 954 g/mol. The van der Waals surface area contributed by atoms with Gasteiger partial charge in [0.15, 0.2) is 5.82 Å². The Bertz CT molecular complexity index is 2840. The average molecular weight is 956 g/mol. The van der Waals surface area contributed by atoms with Crippen molar-refractivity contribution < 1.29 is 36.7 Å². The van der Waals surface area contributed by atoms with Gasteiger partial charge in [0.05, 0.1) is 59.3 Å². The summed E-state index contributed by atoms with van der Waals surface area (Å²) in [6, 6.07) is 18.1. The van der Waals surface area contributed by atoms with E-state index in [0.717, 1.165) is 36.9 Å². The molecule has 3 fully saturated rings. The summed E-state index contributed by atoms with van der Waals surface area (Å²) in [5.74, 6) is -1.59. The van der Waals surface area contributed by atoms with Crippen LogP contribution in [0.4, 0.5) is 32.8 Å². The lowest BCUT2D eigenvalue weighted by Gasteiger charge is -2.47. The van der Waals surface area contributed by atoms with Crippen LogP contribution in [-0.4, -0.2) is 112 Å². The number of nitrogens with one attached hydrogen (secondary N) is 3. The number of hydrogen-bond donors (Lipinski definition) is 3. The molecule has 5 aromatic rings. The molecule has 16 nitrogen and oxygen atoms in total. The van der Waals surface area contributed by atoms with Gasteiger partial charge < -0.3 is 34.3 Å². The normalized spacial score (nSPS) is 19.9. The van der Waals surface area contributed by atoms with E-state index in [4.69, 9.17) is 25.8 Å². The quantitative estimate of drug-likeness (QED) is 0.0807. The summed E-state index contributed by atoms with van der Waals surface area (Å²) < 4.78 is 64.7. The number of nitro benzene ring substituents is 1. The van der Waals surface area contributed by atoms with E-state index < -0.39 is 37.3 Å². The first-order chi connectivity index (χ1) is 32.4. The zero-order chi connectivity index (χ0) is 46.3. The molecule has 352 valence electrons. The Balaban J connectivity index is 0.935. The predicted octanol–water partition coefficient (Wildman–Crippen LogP) is 8.06. The number of carbonyl (C=O) groups excluding carboxylic acids is 1. The van der Waals surface area contributed by atoms with Gasteiger partial charge in [-0.1, -0.05) is 35.7 Å². The van der Waals surface area contributed by atoms with Gasteiger partial charge in [-0.25, -0.2) is 17.5 Å². The van der Waals surface area contributed by atoms with E-state index in [-0.39, 0.29) is 54.3 Å². The number of allylic oxidation sites excluding steroid dienone is 1. The van der Waals surface area contributed by atoms with Crippen molar-refractivity contribution in [2.24, 2.45) is 5.41 Å². The van der Waals surface area contributed by atoms with Crippen molar-refractivity contribution in [2.75, 3.05) is 87.4 Å². The highest BCUT2D eigenvalue weighted by Gasteiger charge is 2.41. The minimum absolute atomic E-state index is 0.0630. The molecule has 2 aliphatic carbocycles. The van der Waals surface area contributed by atoms with Crippen molar-refractivity contribution in [3.63, 3.8) is 0 Å². The highest BCUT2D eigenvalue weighted by Crippen LogP contribution is 2.55. The Hall–Kier alpha value is -5.79. The zero-order valence-corrected chi connectivity index (χ0v) is 38.5. The number of pyridine rings is 1. The number of aromatic nitrogens is 2. The Morgan fingerprint density at radius 1 is 0.970 bits per heavy atom. The molecule has 19 heteroatoms. The lowest BCUT2D eigenvalue weighted by Crippen LogP contribution is -2.47. The van der Waals surface area contributed by atoms with Crippen LogP contribution in [0.15, 0.2) is 83.4 Å². The summed E-state index contributed by atoms with van der Waals surface area (Å²) >= 11 is 6.29. The maximum Gasteiger partial charge on any atom is 0.293 e. The molecule has 5 aliphatic rings. The number of benzene rings is 3. The molecule has 2 saturated heterocycles. The lowest BCUT2D eigenvalue weighted by atomic mass is 9.59. The first-order valence-corrected chi connectivity index (χ1v) is 24.7. The number of hydrogen-bond acceptors (Lipinski definition) is 13. The molecule has 2 aromatic heterocycles. The SMILES string of the molecule is O=C(NS(=O)(=O)c1ccc(NCC2COCCO2)c([N+](=O)[O-])c1)c1ccc(N2CCN(CC3=C(c4ccc(Cl)cc4)CC4(CCC4)CC3)CC2)c(F)c1N1CCCOc2nc3[nH]ccc3cc21. The number of anilines is 4. The molecule has 3 aromatic carbocycles. The second kappa shape index (κ2) is 18.7. The maximum atomic E-state index is 17.7. The molecular formula is C48H52ClFN8O8S. The van der Waals surface area contributed by atoms with Crippen molar-refractivity contribution in [2.45, 2.75) is 55.9 Å². The minimum atomic E-state index is -4.73. The van der Waals surface area contributed by atoms with Crippen molar-refractivity contribution in [1.29, 1.82) is 0 Å². The van der Waals surface area contributed by atoms with Gasteiger partial charge in [0.2, 0.25) is 5.88 Å². The number of amides is 1. The van der Waals surface area contributed by atoms with Crippen LogP contribution in [0.1, 0.15) is 60.9 Å². The van der Waals surface area contributed by atoms with E-state index >= 15 is 4.39 Å². The lowest BCUT2D eigenvalue weighted by molar-refractivity contribution is -0.384. The summed E-state index contributed by atoms with van der Waals surface area (Å²) in [5.41, 5.74) is 4.89. The zero-order valence-electron chi connectivity index (χ0n) is 36.9. The fourth-order valence-electron chi connectivity index (χ4n) is 10.1. The molecule has 3 N–H and O–H groups in total. The van der Waals surface area contributed by atoms with Crippen LogP contribution in [-0.2, 0) is 19.5 Å². The third-order valence-corrected chi connectivity index (χ3v) is 15.5. The molecule has 1 spiro atoms. The van der Waals surface area contributed by atoms with Crippen LogP contribution in [0.2, 0.25) is 5.02 Å². The average Bonchev–Trinajstić information content (AvgIpc) is 3.69. The first-order valence-electron chi connectivity index (χ1n) is 22.9. The largest absolute Gasteiger partial charge is 0.476 e. The number of H-pyrrole nitrogens is 1. The Morgan fingerprint density at radius 3 is 2.54 bits per heavy atom. The van der Waals surface area contributed by atoms with Gasteiger partial charge in [0.1, 0.15) is 17.0 Å². The number of rotatable bonds is 12. The van der Waals surface area contributed by atoms with E-state index in [1.165, 1.54) is 60.6 Å². The summed E-state index contributed by atoms with van der Waals surface area (Å²) in [7, 11) is -4.73. The molecule has 1 atom stereocenters. The first kappa shape index (κ1) is 45.0. The van der Waals surface area contributed by atoms with Crippen molar-refractivity contribution in [3.05, 3.63) is 111 Å². The number of halogens is 2. The van der Waals surface area contributed by atoms with Gasteiger partial charge in [-0.3, -0.25) is 19.8 Å². The second-order valence-electron chi connectivity index (χ2n) is 18.1. The summed E-state index contributed by atoms with van der Waals surface area (Å²) in [4.78, 5) is 39.1. The van der Waals surface area contributed by atoms with E-state index in [0.29, 0.717) is 74.2 Å². The number of piperazine rings is 1. The molecular weight excluding hydrogens is 903 g/mol. The van der Waals surface area contributed by atoms with E-state index in [2.05, 4.69) is 37.0 Å². The molecule has 0 bridgehead atoms. The number of nitro groups is 1. The third-order valence-electron chi connectivity index (χ3n) is 13.9. The standard InChI is InChI=1S/C48H52ClFN8O8S/c49-34-5-3-31(4-6-34)38-27-48(13-1-14-48)15-11-33(38)29-55-18-20-56(21-19-55)40-10-8-37(44(43(40)50)57-17-2-22-66-47-42(57)25-32-12-16-51-45(32)53-47)46(59)54-67(62,63)36-7-9-39(41(26-36)58(60)61)52-28-35-30-64-23-24-65-35/h3-10,12,16,25-26,35,52H,1-2,11,13-15,17-24,27-30H2,(H,51,53)(H,54,59). The molecule has 5 heterocycles. The van der Waals surface area contributed by atoms with Gasteiger partial charge in [-0.2, -0.15) is 4.98 Å². The van der Waals surface area contributed by atoms with Gasteiger partial charge >= 0.3 is 0 Å². The fraction of sp³-hybridized carbons (Fsp3) is 0.417. The molecule has 67 heavy (non-hydrogen) atoms. The van der Waals surface area contributed by atoms with Crippen LogP contribution in [0, 0.1) is 21.3 Å². The number of fused-ring (bicyclic) bond motifs is 2. The third kappa shape index (κ3) is 9.29. The van der Waals surface area contributed by atoms with E-state index in [1.54, 1.807) is 17.2 Å². The van der Waals surface area contributed by atoms with Gasteiger partial charge in [-0.15, -0.1) is 0 Å². The number of nitrogens with zero attached hydrogens (tertiary/aromatic N) is 5. The Labute approximate surface area is 392 Å². The van der Waals surface area contributed by atoms with Crippen LogP contribution in [0.25, 0.3) is 16.6 Å². The summed E-state index contributed by atoms with van der Waals surface area (Å²) in [6.45, 7) is 5.01.